The topological polar surface area (TPSA) is 66.0 Å². The van der Waals surface area contributed by atoms with E-state index in [1.165, 1.54) is 6.07 Å². The van der Waals surface area contributed by atoms with Crippen LogP contribution in [0, 0.1) is 17.7 Å². The van der Waals surface area contributed by atoms with Gasteiger partial charge in [-0.15, -0.1) is 0 Å². The van der Waals surface area contributed by atoms with Crippen LogP contribution >= 0.6 is 0 Å². The average molecular weight is 573 g/mol. The van der Waals surface area contributed by atoms with E-state index in [0.29, 0.717) is 51.3 Å². The van der Waals surface area contributed by atoms with E-state index in [4.69, 9.17) is 4.74 Å². The van der Waals surface area contributed by atoms with Gasteiger partial charge >= 0.3 is 0 Å². The van der Waals surface area contributed by atoms with Crippen molar-refractivity contribution >= 4 is 11.8 Å². The number of amides is 2. The number of hydrogen-bond acceptors (Lipinski definition) is 5. The highest BCUT2D eigenvalue weighted by Crippen LogP contribution is 2.32. The molecule has 2 amide bonds. The second-order valence-corrected chi connectivity index (χ2v) is 11.6. The molecule has 2 bridgehead atoms. The van der Waals surface area contributed by atoms with Crippen molar-refractivity contribution in [3.63, 3.8) is 0 Å². The molecule has 2 aliphatic rings. The van der Waals surface area contributed by atoms with Crippen LogP contribution in [0.5, 0.6) is 5.75 Å². The summed E-state index contributed by atoms with van der Waals surface area (Å²) in [6.07, 6.45) is 5.51. The summed E-state index contributed by atoms with van der Waals surface area (Å²) >= 11 is 0. The summed E-state index contributed by atoms with van der Waals surface area (Å²) in [6.45, 7) is 3.46. The molecule has 0 aliphatic carbocycles. The van der Waals surface area contributed by atoms with Crippen LogP contribution in [-0.4, -0.2) is 71.3 Å². The Labute approximate surface area is 248 Å². The second-order valence-electron chi connectivity index (χ2n) is 11.6. The molecule has 1 fully saturated rings. The Kier molecular flexibility index (Phi) is 10.2. The first-order valence-corrected chi connectivity index (χ1v) is 15.0. The zero-order valence-corrected chi connectivity index (χ0v) is 24.5. The molecule has 1 aromatic heterocycles. The largest absolute Gasteiger partial charge is 0.493 e. The monoisotopic (exact) mass is 572 g/mol. The van der Waals surface area contributed by atoms with Crippen molar-refractivity contribution in [3.05, 3.63) is 95.6 Å². The number of carbonyl (C=O) groups is 2. The fourth-order valence-corrected chi connectivity index (χ4v) is 6.11. The van der Waals surface area contributed by atoms with Crippen LogP contribution in [0.2, 0.25) is 0 Å². The van der Waals surface area contributed by atoms with Gasteiger partial charge in [0.25, 0.3) is 0 Å². The highest BCUT2D eigenvalue weighted by molar-refractivity contribution is 5.79. The lowest BCUT2D eigenvalue weighted by atomic mass is 9.80. The maximum atomic E-state index is 14.6. The lowest BCUT2D eigenvalue weighted by Crippen LogP contribution is -2.48. The highest BCUT2D eigenvalue weighted by atomic mass is 19.1. The van der Waals surface area contributed by atoms with Gasteiger partial charge in [0.2, 0.25) is 11.8 Å². The fraction of sp³-hybridized carbons (Fsp3) is 0.441. The molecule has 0 radical (unpaired) electrons. The van der Waals surface area contributed by atoms with Gasteiger partial charge in [-0.2, -0.15) is 0 Å². The first-order valence-electron chi connectivity index (χ1n) is 15.0. The Morgan fingerprint density at radius 1 is 1.05 bits per heavy atom. The van der Waals surface area contributed by atoms with E-state index in [-0.39, 0.29) is 36.0 Å². The maximum absolute atomic E-state index is 14.6. The van der Waals surface area contributed by atoms with Crippen molar-refractivity contribution in [1.29, 1.82) is 0 Å². The molecule has 2 atom stereocenters. The molecule has 0 unspecified atom stereocenters. The third kappa shape index (κ3) is 7.94. The van der Waals surface area contributed by atoms with E-state index >= 15 is 0 Å². The zero-order chi connectivity index (χ0) is 29.3. The quantitative estimate of drug-likeness (QED) is 0.401. The van der Waals surface area contributed by atoms with Crippen molar-refractivity contribution in [3.8, 4) is 5.75 Å². The molecule has 2 aliphatic heterocycles. The van der Waals surface area contributed by atoms with Crippen LogP contribution in [-0.2, 0) is 29.1 Å². The van der Waals surface area contributed by atoms with E-state index in [1.54, 1.807) is 18.3 Å². The first kappa shape index (κ1) is 29.7. The number of pyridine rings is 1. The summed E-state index contributed by atoms with van der Waals surface area (Å²) in [5.41, 5.74) is 2.52. The lowest BCUT2D eigenvalue weighted by molar-refractivity contribution is -0.136. The number of halogens is 1. The van der Waals surface area contributed by atoms with Gasteiger partial charge in [0.1, 0.15) is 11.6 Å². The van der Waals surface area contributed by atoms with Crippen molar-refractivity contribution < 1.29 is 18.7 Å². The third-order valence-electron chi connectivity index (χ3n) is 8.59. The first-order chi connectivity index (χ1) is 20.5. The molecule has 42 heavy (non-hydrogen) atoms. The van der Waals surface area contributed by atoms with Gasteiger partial charge in [-0.3, -0.25) is 19.5 Å². The number of fused-ring (bicyclic) bond motifs is 3. The summed E-state index contributed by atoms with van der Waals surface area (Å²) in [6, 6.07) is 20.5. The Morgan fingerprint density at radius 2 is 1.86 bits per heavy atom. The van der Waals surface area contributed by atoms with Gasteiger partial charge in [-0.05, 0) is 55.4 Å². The van der Waals surface area contributed by atoms with Crippen LogP contribution < -0.4 is 4.74 Å². The Morgan fingerprint density at radius 3 is 2.69 bits per heavy atom. The maximum Gasteiger partial charge on any atom is 0.236 e. The Hall–Kier alpha value is -3.78. The minimum Gasteiger partial charge on any atom is -0.493 e. The second kappa shape index (κ2) is 14.4. The van der Waals surface area contributed by atoms with Gasteiger partial charge < -0.3 is 14.5 Å². The number of aromatic nitrogens is 1. The van der Waals surface area contributed by atoms with Gasteiger partial charge in [-0.1, -0.05) is 42.5 Å². The number of piperidine rings is 1. The van der Waals surface area contributed by atoms with Crippen molar-refractivity contribution in [2.45, 2.75) is 45.2 Å². The Balaban J connectivity index is 1.28. The van der Waals surface area contributed by atoms with Gasteiger partial charge in [0.15, 0.2) is 0 Å². The van der Waals surface area contributed by atoms with Gasteiger partial charge in [0, 0.05) is 75.6 Å². The number of likely N-dealkylation sites (N-methyl/N-ethyl adjacent to an activating group) is 1. The van der Waals surface area contributed by atoms with E-state index in [1.807, 2.05) is 70.3 Å². The summed E-state index contributed by atoms with van der Waals surface area (Å²) in [5.74, 6) is 1.15. The number of benzene rings is 2. The smallest absolute Gasteiger partial charge is 0.236 e. The van der Waals surface area contributed by atoms with Crippen molar-refractivity contribution in [1.82, 2.24) is 19.7 Å². The van der Waals surface area contributed by atoms with E-state index < -0.39 is 0 Å². The number of carbonyl (C=O) groups excluding carboxylic acids is 2. The molecular formula is C34H41FN4O3. The molecule has 2 aromatic carbocycles. The molecule has 222 valence electrons. The standard InChI is InChI=1S/C34H41FN4O3/c1-37(18-16-30-12-6-7-17-36-30)33(40)21-26-15-19-39-24-27(26)11-8-20-42-32-14-5-3-10-29(32)23-38(25-34(39)41)22-28-9-2-4-13-31(28)35/h2-7,9-10,12-14,17,26-27H,8,11,15-16,18-25H2,1H3/t26-,27-/m0/s1. The van der Waals surface area contributed by atoms with Crippen LogP contribution in [0.15, 0.2) is 72.9 Å². The van der Waals surface area contributed by atoms with E-state index in [9.17, 15) is 14.0 Å². The molecule has 5 rings (SSSR count). The molecule has 0 N–H and O–H groups in total. The van der Waals surface area contributed by atoms with Gasteiger partial charge in [0.05, 0.1) is 13.2 Å². The summed E-state index contributed by atoms with van der Waals surface area (Å²) < 4.78 is 20.8. The molecule has 1 saturated heterocycles. The van der Waals surface area contributed by atoms with E-state index in [2.05, 4.69) is 4.98 Å². The van der Waals surface area contributed by atoms with Crippen LogP contribution in [0.3, 0.4) is 0 Å². The molecule has 0 saturated carbocycles. The zero-order valence-electron chi connectivity index (χ0n) is 24.5. The summed E-state index contributed by atoms with van der Waals surface area (Å²) in [7, 11) is 1.86. The molecule has 3 aromatic rings. The number of para-hydroxylation sites is 1. The number of ether oxygens (including phenoxy) is 1. The minimum absolute atomic E-state index is 0.0474. The third-order valence-corrected chi connectivity index (χ3v) is 8.59. The normalized spacial score (nSPS) is 20.0. The number of rotatable bonds is 7. The van der Waals surface area contributed by atoms with E-state index in [0.717, 1.165) is 42.7 Å². The van der Waals surface area contributed by atoms with Gasteiger partial charge in [-0.25, -0.2) is 4.39 Å². The molecule has 8 heteroatoms. The SMILES string of the molecule is CN(CCc1ccccn1)C(=O)C[C@@H]1CCN2C[C@@H]1CCCOc1ccccc1CN(Cc1ccccc1F)CC2=O. The average Bonchev–Trinajstić information content (AvgIpc) is 3.01. The predicted octanol–water partition coefficient (Wildman–Crippen LogP) is 4.95. The minimum atomic E-state index is -0.270. The molecular weight excluding hydrogens is 531 g/mol. The fourth-order valence-electron chi connectivity index (χ4n) is 6.11. The van der Waals surface area contributed by atoms with Crippen LogP contribution in [0.1, 0.15) is 42.5 Å². The van der Waals surface area contributed by atoms with Crippen LogP contribution in [0.25, 0.3) is 0 Å². The highest BCUT2D eigenvalue weighted by Gasteiger charge is 2.34. The molecule has 0 spiro atoms. The number of nitrogens with zero attached hydrogens (tertiary/aromatic N) is 4. The van der Waals surface area contributed by atoms with Crippen molar-refractivity contribution in [2.75, 3.05) is 39.8 Å². The van der Waals surface area contributed by atoms with Crippen molar-refractivity contribution in [2.24, 2.45) is 11.8 Å². The van der Waals surface area contributed by atoms with Crippen LogP contribution in [0.4, 0.5) is 4.39 Å². The molecule has 3 heterocycles. The lowest BCUT2D eigenvalue weighted by Gasteiger charge is -2.39. The summed E-state index contributed by atoms with van der Waals surface area (Å²) in [4.78, 5) is 37.0. The Bertz CT molecular complexity index is 1340. The molecule has 7 nitrogen and oxygen atoms in total. The predicted molar refractivity (Wildman–Crippen MR) is 160 cm³/mol. The summed E-state index contributed by atoms with van der Waals surface area (Å²) in [5, 5.41) is 0. The number of hydrogen-bond donors (Lipinski definition) is 0.